The first kappa shape index (κ1) is 15.3. The lowest BCUT2D eigenvalue weighted by Gasteiger charge is -2.22. The summed E-state index contributed by atoms with van der Waals surface area (Å²) in [7, 11) is 1.94. The number of benzene rings is 1. The molecule has 1 aliphatic rings. The topological polar surface area (TPSA) is 39.7 Å². The summed E-state index contributed by atoms with van der Waals surface area (Å²) in [6.07, 6.45) is 3.83. The van der Waals surface area contributed by atoms with E-state index in [-0.39, 0.29) is 6.10 Å². The minimum absolute atomic E-state index is 0.280. The third-order valence-corrected chi connectivity index (χ3v) is 3.35. The van der Waals surface area contributed by atoms with Crippen molar-refractivity contribution >= 4 is 0 Å². The van der Waals surface area contributed by atoms with Crippen LogP contribution in [0.1, 0.15) is 24.8 Å². The van der Waals surface area contributed by atoms with Gasteiger partial charge in [0, 0.05) is 13.2 Å². The van der Waals surface area contributed by atoms with E-state index in [0.717, 1.165) is 25.3 Å². The Morgan fingerprint density at radius 1 is 1.30 bits per heavy atom. The van der Waals surface area contributed by atoms with Crippen molar-refractivity contribution < 1.29 is 14.2 Å². The number of rotatable bonds is 8. The molecule has 0 amide bonds. The van der Waals surface area contributed by atoms with Crippen LogP contribution in [0.2, 0.25) is 0 Å². The van der Waals surface area contributed by atoms with Gasteiger partial charge in [0.2, 0.25) is 0 Å². The number of ether oxygens (including phenoxy) is 3. The molecule has 1 aromatic carbocycles. The zero-order valence-electron chi connectivity index (χ0n) is 12.3. The summed E-state index contributed by atoms with van der Waals surface area (Å²) in [5.41, 5.74) is 1.22. The van der Waals surface area contributed by atoms with E-state index in [1.807, 2.05) is 19.2 Å². The zero-order chi connectivity index (χ0) is 14.0. The molecule has 0 aliphatic carbocycles. The van der Waals surface area contributed by atoms with Gasteiger partial charge in [-0.25, -0.2) is 0 Å². The molecular formula is C16H25NO3. The predicted octanol–water partition coefficient (Wildman–Crippen LogP) is 2.37. The molecule has 0 aromatic heterocycles. The van der Waals surface area contributed by atoms with Crippen molar-refractivity contribution in [3.63, 3.8) is 0 Å². The molecule has 1 heterocycles. The van der Waals surface area contributed by atoms with E-state index >= 15 is 0 Å². The highest BCUT2D eigenvalue weighted by Crippen LogP contribution is 2.14. The highest BCUT2D eigenvalue weighted by atomic mass is 16.5. The molecule has 1 aliphatic heterocycles. The lowest BCUT2D eigenvalue weighted by molar-refractivity contribution is -0.0444. The Bertz CT molecular complexity index is 378. The second-order valence-electron chi connectivity index (χ2n) is 5.09. The van der Waals surface area contributed by atoms with Crippen LogP contribution < -0.4 is 10.1 Å². The van der Waals surface area contributed by atoms with Crippen LogP contribution in [-0.2, 0) is 16.0 Å². The second kappa shape index (κ2) is 8.95. The second-order valence-corrected chi connectivity index (χ2v) is 5.09. The van der Waals surface area contributed by atoms with Crippen LogP contribution in [0.4, 0.5) is 0 Å². The van der Waals surface area contributed by atoms with Crippen molar-refractivity contribution in [2.24, 2.45) is 0 Å². The molecule has 0 saturated carbocycles. The van der Waals surface area contributed by atoms with Gasteiger partial charge >= 0.3 is 0 Å². The molecule has 112 valence electrons. The van der Waals surface area contributed by atoms with Crippen molar-refractivity contribution in [3.05, 3.63) is 29.8 Å². The van der Waals surface area contributed by atoms with E-state index in [9.17, 15) is 0 Å². The van der Waals surface area contributed by atoms with Crippen molar-refractivity contribution in [1.29, 1.82) is 0 Å². The maximum absolute atomic E-state index is 5.69. The number of hydrogen-bond acceptors (Lipinski definition) is 4. The van der Waals surface area contributed by atoms with Crippen molar-refractivity contribution in [3.8, 4) is 5.75 Å². The molecule has 1 N–H and O–H groups in total. The molecule has 4 nitrogen and oxygen atoms in total. The van der Waals surface area contributed by atoms with E-state index in [0.29, 0.717) is 19.8 Å². The highest BCUT2D eigenvalue weighted by molar-refractivity contribution is 5.28. The SMILES string of the molecule is CNCc1cccc(OCCOCC2CCCCO2)c1. The summed E-state index contributed by atoms with van der Waals surface area (Å²) in [5.74, 6) is 0.898. The van der Waals surface area contributed by atoms with Gasteiger partial charge in [-0.2, -0.15) is 0 Å². The van der Waals surface area contributed by atoms with Crippen LogP contribution in [0.25, 0.3) is 0 Å². The van der Waals surface area contributed by atoms with E-state index in [1.165, 1.54) is 18.4 Å². The Kier molecular flexibility index (Phi) is 6.84. The van der Waals surface area contributed by atoms with Gasteiger partial charge in [0.25, 0.3) is 0 Å². The smallest absolute Gasteiger partial charge is 0.119 e. The largest absolute Gasteiger partial charge is 0.491 e. The van der Waals surface area contributed by atoms with E-state index in [2.05, 4.69) is 17.4 Å². The Balaban J connectivity index is 1.59. The summed E-state index contributed by atoms with van der Waals surface area (Å²) in [6, 6.07) is 8.13. The Hall–Kier alpha value is -1.10. The molecule has 1 saturated heterocycles. The van der Waals surface area contributed by atoms with Gasteiger partial charge in [-0.3, -0.25) is 0 Å². The first-order valence-electron chi connectivity index (χ1n) is 7.44. The summed E-state index contributed by atoms with van der Waals surface area (Å²) in [5, 5.41) is 3.13. The van der Waals surface area contributed by atoms with Crippen molar-refractivity contribution in [1.82, 2.24) is 5.32 Å². The maximum Gasteiger partial charge on any atom is 0.119 e. The van der Waals surface area contributed by atoms with Crippen LogP contribution in [0.3, 0.4) is 0 Å². The third kappa shape index (κ3) is 5.49. The van der Waals surface area contributed by atoms with Crippen LogP contribution >= 0.6 is 0 Å². The number of nitrogens with one attached hydrogen (secondary N) is 1. The lowest BCUT2D eigenvalue weighted by Crippen LogP contribution is -2.25. The van der Waals surface area contributed by atoms with Gasteiger partial charge < -0.3 is 19.5 Å². The van der Waals surface area contributed by atoms with Crippen LogP contribution in [0, 0.1) is 0 Å². The molecule has 0 spiro atoms. The average molecular weight is 279 g/mol. The number of hydrogen-bond donors (Lipinski definition) is 1. The molecule has 2 rings (SSSR count). The van der Waals surface area contributed by atoms with Crippen LogP contribution in [0.15, 0.2) is 24.3 Å². The fourth-order valence-corrected chi connectivity index (χ4v) is 2.32. The van der Waals surface area contributed by atoms with Crippen molar-refractivity contribution in [2.45, 2.75) is 31.9 Å². The minimum Gasteiger partial charge on any atom is -0.491 e. The average Bonchev–Trinajstić information content (AvgIpc) is 2.49. The van der Waals surface area contributed by atoms with Gasteiger partial charge in [0.1, 0.15) is 12.4 Å². The van der Waals surface area contributed by atoms with Crippen molar-refractivity contribution in [2.75, 3.05) is 33.5 Å². The molecule has 4 heteroatoms. The molecule has 1 fully saturated rings. The summed E-state index contributed by atoms with van der Waals surface area (Å²) >= 11 is 0. The Labute approximate surface area is 121 Å². The standard InChI is InChI=1S/C16H25NO3/c1-17-12-14-5-4-7-15(11-14)20-10-9-18-13-16-6-2-3-8-19-16/h4-5,7,11,16-17H,2-3,6,8-10,12-13H2,1H3. The first-order chi connectivity index (χ1) is 9.88. The quantitative estimate of drug-likeness (QED) is 0.742. The van der Waals surface area contributed by atoms with Gasteiger partial charge in [0.05, 0.1) is 19.3 Å². The molecular weight excluding hydrogens is 254 g/mol. The molecule has 0 radical (unpaired) electrons. The van der Waals surface area contributed by atoms with Gasteiger partial charge in [-0.05, 0) is 44.0 Å². The molecule has 1 aromatic rings. The van der Waals surface area contributed by atoms with E-state index < -0.39 is 0 Å². The van der Waals surface area contributed by atoms with E-state index in [1.54, 1.807) is 0 Å². The lowest BCUT2D eigenvalue weighted by atomic mass is 10.1. The van der Waals surface area contributed by atoms with Gasteiger partial charge in [0.15, 0.2) is 0 Å². The Morgan fingerprint density at radius 2 is 2.25 bits per heavy atom. The van der Waals surface area contributed by atoms with Crippen LogP contribution in [-0.4, -0.2) is 39.6 Å². The highest BCUT2D eigenvalue weighted by Gasteiger charge is 2.13. The first-order valence-corrected chi connectivity index (χ1v) is 7.44. The minimum atomic E-state index is 0.280. The fraction of sp³-hybridized carbons (Fsp3) is 0.625. The Morgan fingerprint density at radius 3 is 3.05 bits per heavy atom. The molecule has 0 bridgehead atoms. The normalized spacial score (nSPS) is 18.9. The van der Waals surface area contributed by atoms with Gasteiger partial charge in [-0.1, -0.05) is 12.1 Å². The molecule has 1 atom stereocenters. The zero-order valence-corrected chi connectivity index (χ0v) is 12.3. The summed E-state index contributed by atoms with van der Waals surface area (Å²) in [6.45, 7) is 3.60. The maximum atomic E-state index is 5.69. The monoisotopic (exact) mass is 279 g/mol. The predicted molar refractivity (Wildman–Crippen MR) is 79.1 cm³/mol. The molecule has 1 unspecified atom stereocenters. The van der Waals surface area contributed by atoms with Crippen LogP contribution in [0.5, 0.6) is 5.75 Å². The summed E-state index contributed by atoms with van der Waals surface area (Å²) < 4.78 is 16.9. The van der Waals surface area contributed by atoms with E-state index in [4.69, 9.17) is 14.2 Å². The van der Waals surface area contributed by atoms with Gasteiger partial charge in [-0.15, -0.1) is 0 Å². The molecule has 20 heavy (non-hydrogen) atoms. The summed E-state index contributed by atoms with van der Waals surface area (Å²) in [4.78, 5) is 0. The fourth-order valence-electron chi connectivity index (χ4n) is 2.32. The third-order valence-electron chi connectivity index (χ3n) is 3.35.